The molecule has 1 aromatic rings. The van der Waals surface area contributed by atoms with Crippen LogP contribution in [0.4, 0.5) is 5.69 Å². The van der Waals surface area contributed by atoms with E-state index in [1.807, 2.05) is 0 Å². The molecule has 1 saturated carbocycles. The van der Waals surface area contributed by atoms with Crippen LogP contribution in [0.25, 0.3) is 0 Å². The zero-order chi connectivity index (χ0) is 14.4. The molecule has 0 spiro atoms. The standard InChI is InChI=1S/C15H22N2O3/c18-15-9-8-12(10-14(15)17(19)20)11-16-13-6-4-2-1-3-5-7-13/h8-10,13,16,18H,1-7,11H2. The lowest BCUT2D eigenvalue weighted by Crippen LogP contribution is -2.29. The second kappa shape index (κ2) is 7.24. The highest BCUT2D eigenvalue weighted by molar-refractivity contribution is 5.47. The Morgan fingerprint density at radius 3 is 2.50 bits per heavy atom. The topological polar surface area (TPSA) is 75.4 Å². The third-order valence-corrected chi connectivity index (χ3v) is 3.94. The van der Waals surface area contributed by atoms with Crippen molar-refractivity contribution >= 4 is 5.69 Å². The highest BCUT2D eigenvalue weighted by atomic mass is 16.6. The first kappa shape index (κ1) is 14.8. The van der Waals surface area contributed by atoms with E-state index in [1.165, 1.54) is 57.1 Å². The van der Waals surface area contributed by atoms with E-state index in [9.17, 15) is 15.2 Å². The van der Waals surface area contributed by atoms with Gasteiger partial charge in [0, 0.05) is 18.7 Å². The number of rotatable bonds is 4. The van der Waals surface area contributed by atoms with Gasteiger partial charge in [0.15, 0.2) is 5.75 Å². The fourth-order valence-electron chi connectivity index (χ4n) is 2.75. The number of nitro benzene ring substituents is 1. The number of hydrogen-bond donors (Lipinski definition) is 2. The smallest absolute Gasteiger partial charge is 0.311 e. The van der Waals surface area contributed by atoms with Gasteiger partial charge in [-0.05, 0) is 24.5 Å². The lowest BCUT2D eigenvalue weighted by molar-refractivity contribution is -0.385. The summed E-state index contributed by atoms with van der Waals surface area (Å²) in [6, 6.07) is 5.08. The maximum Gasteiger partial charge on any atom is 0.311 e. The largest absolute Gasteiger partial charge is 0.502 e. The Kier molecular flexibility index (Phi) is 5.35. The highest BCUT2D eigenvalue weighted by Gasteiger charge is 2.15. The molecule has 2 N–H and O–H groups in total. The van der Waals surface area contributed by atoms with Gasteiger partial charge in [0.05, 0.1) is 4.92 Å². The van der Waals surface area contributed by atoms with Gasteiger partial charge in [-0.1, -0.05) is 38.2 Å². The summed E-state index contributed by atoms with van der Waals surface area (Å²) in [4.78, 5) is 10.2. The van der Waals surface area contributed by atoms with Crippen molar-refractivity contribution in [3.63, 3.8) is 0 Å². The molecule has 0 amide bonds. The average molecular weight is 278 g/mol. The number of phenolic OH excluding ortho intramolecular Hbond substituents is 1. The first-order chi connectivity index (χ1) is 9.66. The minimum Gasteiger partial charge on any atom is -0.502 e. The van der Waals surface area contributed by atoms with E-state index in [2.05, 4.69) is 5.32 Å². The van der Waals surface area contributed by atoms with Gasteiger partial charge in [0.1, 0.15) is 0 Å². The molecule has 1 fully saturated rings. The van der Waals surface area contributed by atoms with Crippen LogP contribution in [-0.4, -0.2) is 16.1 Å². The molecule has 0 atom stereocenters. The Morgan fingerprint density at radius 1 is 1.20 bits per heavy atom. The van der Waals surface area contributed by atoms with Crippen LogP contribution in [0.3, 0.4) is 0 Å². The fraction of sp³-hybridized carbons (Fsp3) is 0.600. The van der Waals surface area contributed by atoms with E-state index < -0.39 is 4.92 Å². The zero-order valence-corrected chi connectivity index (χ0v) is 11.7. The van der Waals surface area contributed by atoms with Crippen molar-refractivity contribution in [2.45, 2.75) is 57.5 Å². The summed E-state index contributed by atoms with van der Waals surface area (Å²) in [6.45, 7) is 0.617. The Hall–Kier alpha value is -1.62. The molecular formula is C15H22N2O3. The van der Waals surface area contributed by atoms with Gasteiger partial charge < -0.3 is 10.4 Å². The molecule has 2 rings (SSSR count). The van der Waals surface area contributed by atoms with Crippen LogP contribution in [0.15, 0.2) is 18.2 Å². The molecule has 0 aliphatic heterocycles. The summed E-state index contributed by atoms with van der Waals surface area (Å²) in [5, 5.41) is 23.7. The van der Waals surface area contributed by atoms with Gasteiger partial charge in [-0.25, -0.2) is 0 Å². The molecule has 0 aromatic heterocycles. The molecule has 1 aliphatic rings. The third-order valence-electron chi connectivity index (χ3n) is 3.94. The van der Waals surface area contributed by atoms with Gasteiger partial charge in [0.25, 0.3) is 0 Å². The average Bonchev–Trinajstić information content (AvgIpc) is 2.38. The SMILES string of the molecule is O=[N+]([O-])c1cc(CNC2CCCCCCC2)ccc1O. The monoisotopic (exact) mass is 278 g/mol. The Labute approximate surface area is 119 Å². The minimum atomic E-state index is -0.547. The fourth-order valence-corrected chi connectivity index (χ4v) is 2.75. The second-order valence-electron chi connectivity index (χ2n) is 5.50. The molecule has 110 valence electrons. The predicted molar refractivity (Wildman–Crippen MR) is 77.7 cm³/mol. The van der Waals surface area contributed by atoms with Gasteiger partial charge in [-0.3, -0.25) is 10.1 Å². The van der Waals surface area contributed by atoms with E-state index in [0.29, 0.717) is 12.6 Å². The number of nitrogens with one attached hydrogen (secondary N) is 1. The molecule has 0 unspecified atom stereocenters. The lowest BCUT2D eigenvalue weighted by atomic mass is 9.96. The number of nitro groups is 1. The molecule has 0 heterocycles. The van der Waals surface area contributed by atoms with Gasteiger partial charge in [-0.2, -0.15) is 0 Å². The van der Waals surface area contributed by atoms with Crippen LogP contribution in [0.5, 0.6) is 5.75 Å². The Bertz CT molecular complexity index is 454. The molecular weight excluding hydrogens is 256 g/mol. The van der Waals surface area contributed by atoms with Crippen LogP contribution in [0, 0.1) is 10.1 Å². The summed E-state index contributed by atoms with van der Waals surface area (Å²) in [5.74, 6) is -0.273. The molecule has 5 nitrogen and oxygen atoms in total. The summed E-state index contributed by atoms with van der Waals surface area (Å²) in [7, 11) is 0. The van der Waals surface area contributed by atoms with Crippen LogP contribution in [0.2, 0.25) is 0 Å². The van der Waals surface area contributed by atoms with Crippen molar-refractivity contribution in [3.05, 3.63) is 33.9 Å². The molecule has 0 saturated heterocycles. The molecule has 1 aromatic carbocycles. The van der Waals surface area contributed by atoms with E-state index in [4.69, 9.17) is 0 Å². The zero-order valence-electron chi connectivity index (χ0n) is 11.7. The minimum absolute atomic E-state index is 0.220. The first-order valence-electron chi connectivity index (χ1n) is 7.36. The Morgan fingerprint density at radius 2 is 1.85 bits per heavy atom. The van der Waals surface area contributed by atoms with Crippen LogP contribution in [0.1, 0.15) is 50.5 Å². The summed E-state index contributed by atoms with van der Waals surface area (Å²) in [6.07, 6.45) is 8.84. The molecule has 0 radical (unpaired) electrons. The van der Waals surface area contributed by atoms with Crippen molar-refractivity contribution in [2.75, 3.05) is 0 Å². The van der Waals surface area contributed by atoms with Crippen molar-refractivity contribution in [1.82, 2.24) is 5.32 Å². The lowest BCUT2D eigenvalue weighted by Gasteiger charge is -2.21. The van der Waals surface area contributed by atoms with Crippen molar-refractivity contribution < 1.29 is 10.0 Å². The number of hydrogen-bond acceptors (Lipinski definition) is 4. The number of aromatic hydroxyl groups is 1. The number of phenols is 1. The molecule has 20 heavy (non-hydrogen) atoms. The highest BCUT2D eigenvalue weighted by Crippen LogP contribution is 2.26. The molecule has 0 bridgehead atoms. The van der Waals surface area contributed by atoms with E-state index in [1.54, 1.807) is 6.07 Å². The van der Waals surface area contributed by atoms with Crippen molar-refractivity contribution in [3.8, 4) is 5.75 Å². The van der Waals surface area contributed by atoms with Gasteiger partial charge in [0.2, 0.25) is 0 Å². The second-order valence-corrected chi connectivity index (χ2v) is 5.50. The molecule has 1 aliphatic carbocycles. The molecule has 5 heteroatoms. The van der Waals surface area contributed by atoms with Gasteiger partial charge >= 0.3 is 5.69 Å². The van der Waals surface area contributed by atoms with Crippen molar-refractivity contribution in [2.24, 2.45) is 0 Å². The van der Waals surface area contributed by atoms with Gasteiger partial charge in [-0.15, -0.1) is 0 Å². The summed E-state index contributed by atoms with van der Waals surface area (Å²) in [5.41, 5.74) is 0.624. The maximum absolute atomic E-state index is 10.8. The van der Waals surface area contributed by atoms with E-state index >= 15 is 0 Å². The maximum atomic E-state index is 10.8. The predicted octanol–water partition coefficient (Wildman–Crippen LogP) is 3.50. The van der Waals surface area contributed by atoms with Crippen LogP contribution >= 0.6 is 0 Å². The van der Waals surface area contributed by atoms with Crippen molar-refractivity contribution in [1.29, 1.82) is 0 Å². The van der Waals surface area contributed by atoms with E-state index in [0.717, 1.165) is 5.56 Å². The number of benzene rings is 1. The Balaban J connectivity index is 1.92. The summed E-state index contributed by atoms with van der Waals surface area (Å²) >= 11 is 0. The number of nitrogens with zero attached hydrogens (tertiary/aromatic N) is 1. The normalized spacial score (nSPS) is 17.4. The van der Waals surface area contributed by atoms with Crippen LogP contribution in [-0.2, 0) is 6.54 Å². The quantitative estimate of drug-likeness (QED) is 0.653. The van der Waals surface area contributed by atoms with E-state index in [-0.39, 0.29) is 11.4 Å². The summed E-state index contributed by atoms with van der Waals surface area (Å²) < 4.78 is 0. The van der Waals surface area contributed by atoms with Crippen LogP contribution < -0.4 is 5.32 Å². The first-order valence-corrected chi connectivity index (χ1v) is 7.36. The third kappa shape index (κ3) is 4.20.